The van der Waals surface area contributed by atoms with Gasteiger partial charge in [-0.1, -0.05) is 18.2 Å². The fraction of sp³-hybridized carbons (Fsp3) is 0.500. The van der Waals surface area contributed by atoms with Gasteiger partial charge in [0.15, 0.2) is 0 Å². The van der Waals surface area contributed by atoms with E-state index in [9.17, 15) is 0 Å². The van der Waals surface area contributed by atoms with E-state index in [1.807, 2.05) is 24.3 Å². The minimum absolute atomic E-state index is 0.00125. The molecule has 4 nitrogen and oxygen atoms in total. The SMILES string of the molecule is COc1ccccc1C(NN)C1CCCO1. The minimum atomic E-state index is -0.00125. The summed E-state index contributed by atoms with van der Waals surface area (Å²) in [6, 6.07) is 7.89. The molecular weight excluding hydrogens is 204 g/mol. The van der Waals surface area contributed by atoms with Crippen molar-refractivity contribution >= 4 is 0 Å². The summed E-state index contributed by atoms with van der Waals surface area (Å²) in [7, 11) is 1.67. The smallest absolute Gasteiger partial charge is 0.123 e. The van der Waals surface area contributed by atoms with E-state index in [1.165, 1.54) is 0 Å². The number of hydrazine groups is 1. The maximum Gasteiger partial charge on any atom is 0.123 e. The molecule has 0 aliphatic carbocycles. The van der Waals surface area contributed by atoms with Crippen LogP contribution in [-0.4, -0.2) is 19.8 Å². The van der Waals surface area contributed by atoms with Crippen molar-refractivity contribution in [2.75, 3.05) is 13.7 Å². The van der Waals surface area contributed by atoms with Gasteiger partial charge in [-0.2, -0.15) is 0 Å². The normalized spacial score (nSPS) is 22.0. The first-order valence-electron chi connectivity index (χ1n) is 5.57. The maximum atomic E-state index is 5.66. The molecule has 2 unspecified atom stereocenters. The number of nitrogens with one attached hydrogen (secondary N) is 1. The van der Waals surface area contributed by atoms with Crippen LogP contribution in [0.2, 0.25) is 0 Å². The van der Waals surface area contributed by atoms with Crippen LogP contribution in [0.15, 0.2) is 24.3 Å². The molecule has 0 spiro atoms. The standard InChI is InChI=1S/C12H18N2O2/c1-15-10-6-3-2-5-9(10)12(14-13)11-7-4-8-16-11/h2-3,5-6,11-12,14H,4,7-8,13H2,1H3. The van der Waals surface area contributed by atoms with Crippen molar-refractivity contribution in [3.05, 3.63) is 29.8 Å². The quantitative estimate of drug-likeness (QED) is 0.597. The van der Waals surface area contributed by atoms with Crippen LogP contribution in [0.3, 0.4) is 0 Å². The molecule has 1 aromatic carbocycles. The van der Waals surface area contributed by atoms with Crippen LogP contribution in [0.4, 0.5) is 0 Å². The summed E-state index contributed by atoms with van der Waals surface area (Å²) >= 11 is 0. The van der Waals surface area contributed by atoms with Gasteiger partial charge in [0.05, 0.1) is 19.3 Å². The molecule has 2 rings (SSSR count). The second kappa shape index (κ2) is 5.30. The minimum Gasteiger partial charge on any atom is -0.496 e. The molecule has 1 saturated heterocycles. The molecule has 0 aromatic heterocycles. The maximum absolute atomic E-state index is 5.66. The number of rotatable bonds is 4. The van der Waals surface area contributed by atoms with E-state index in [0.29, 0.717) is 0 Å². The van der Waals surface area contributed by atoms with Crippen LogP contribution in [0, 0.1) is 0 Å². The van der Waals surface area contributed by atoms with Crippen molar-refractivity contribution in [1.82, 2.24) is 5.43 Å². The molecule has 0 radical (unpaired) electrons. The molecule has 1 aliphatic heterocycles. The molecule has 3 N–H and O–H groups in total. The number of hydrogen-bond donors (Lipinski definition) is 2. The fourth-order valence-corrected chi connectivity index (χ4v) is 2.19. The van der Waals surface area contributed by atoms with E-state index < -0.39 is 0 Å². The largest absolute Gasteiger partial charge is 0.496 e. The van der Waals surface area contributed by atoms with Crippen molar-refractivity contribution in [1.29, 1.82) is 0 Å². The van der Waals surface area contributed by atoms with E-state index in [4.69, 9.17) is 15.3 Å². The first-order chi connectivity index (χ1) is 7.86. The second-order valence-corrected chi connectivity index (χ2v) is 3.94. The van der Waals surface area contributed by atoms with E-state index in [-0.39, 0.29) is 12.1 Å². The molecule has 16 heavy (non-hydrogen) atoms. The number of ether oxygens (including phenoxy) is 2. The topological polar surface area (TPSA) is 56.5 Å². The van der Waals surface area contributed by atoms with Crippen LogP contribution in [0.25, 0.3) is 0 Å². The van der Waals surface area contributed by atoms with E-state index >= 15 is 0 Å². The predicted octanol–water partition coefficient (Wildman–Crippen LogP) is 1.38. The van der Waals surface area contributed by atoms with Crippen molar-refractivity contribution in [3.8, 4) is 5.75 Å². The van der Waals surface area contributed by atoms with E-state index in [0.717, 1.165) is 30.8 Å². The number of benzene rings is 1. The van der Waals surface area contributed by atoms with Crippen molar-refractivity contribution in [2.24, 2.45) is 5.84 Å². The molecule has 4 heteroatoms. The lowest BCUT2D eigenvalue weighted by atomic mass is 9.99. The Labute approximate surface area is 95.7 Å². The highest BCUT2D eigenvalue weighted by Crippen LogP contribution is 2.31. The molecular formula is C12H18N2O2. The van der Waals surface area contributed by atoms with Crippen molar-refractivity contribution in [2.45, 2.75) is 25.0 Å². The first-order valence-corrected chi connectivity index (χ1v) is 5.57. The molecule has 1 heterocycles. The Morgan fingerprint density at radius 2 is 2.31 bits per heavy atom. The summed E-state index contributed by atoms with van der Waals surface area (Å²) in [5.41, 5.74) is 3.88. The summed E-state index contributed by atoms with van der Waals surface area (Å²) in [5.74, 6) is 6.47. The Morgan fingerprint density at radius 1 is 1.50 bits per heavy atom. The third-order valence-electron chi connectivity index (χ3n) is 2.99. The summed E-state index contributed by atoms with van der Waals surface area (Å²) in [5, 5.41) is 0. The number of para-hydroxylation sites is 1. The van der Waals surface area contributed by atoms with Gasteiger partial charge in [-0.05, 0) is 18.9 Å². The molecule has 1 aliphatic rings. The van der Waals surface area contributed by atoms with Gasteiger partial charge in [0, 0.05) is 12.2 Å². The molecule has 1 aromatic rings. The highest BCUT2D eigenvalue weighted by atomic mass is 16.5. The number of hydrogen-bond acceptors (Lipinski definition) is 4. The van der Waals surface area contributed by atoms with Gasteiger partial charge in [-0.3, -0.25) is 11.3 Å². The first kappa shape index (κ1) is 11.4. The second-order valence-electron chi connectivity index (χ2n) is 3.94. The monoisotopic (exact) mass is 222 g/mol. The van der Waals surface area contributed by atoms with E-state index in [2.05, 4.69) is 5.43 Å². The zero-order valence-electron chi connectivity index (χ0n) is 9.48. The zero-order chi connectivity index (χ0) is 11.4. The summed E-state index contributed by atoms with van der Waals surface area (Å²) in [4.78, 5) is 0. The predicted molar refractivity (Wildman–Crippen MR) is 62.0 cm³/mol. The Balaban J connectivity index is 2.24. The van der Waals surface area contributed by atoms with Crippen LogP contribution >= 0.6 is 0 Å². The van der Waals surface area contributed by atoms with Crippen molar-refractivity contribution in [3.63, 3.8) is 0 Å². The fourth-order valence-electron chi connectivity index (χ4n) is 2.19. The third-order valence-corrected chi connectivity index (χ3v) is 2.99. The van der Waals surface area contributed by atoms with Crippen LogP contribution < -0.4 is 16.0 Å². The van der Waals surface area contributed by atoms with Gasteiger partial charge in [0.1, 0.15) is 5.75 Å². The third kappa shape index (κ3) is 2.19. The lowest BCUT2D eigenvalue weighted by Crippen LogP contribution is -2.36. The van der Waals surface area contributed by atoms with E-state index in [1.54, 1.807) is 7.11 Å². The van der Waals surface area contributed by atoms with Gasteiger partial charge in [0.2, 0.25) is 0 Å². The van der Waals surface area contributed by atoms with Crippen molar-refractivity contribution < 1.29 is 9.47 Å². The summed E-state index contributed by atoms with van der Waals surface area (Å²) in [6.07, 6.45) is 2.27. The molecule has 1 fully saturated rings. The average molecular weight is 222 g/mol. The molecule has 0 saturated carbocycles. The Kier molecular flexibility index (Phi) is 3.77. The molecule has 0 bridgehead atoms. The number of nitrogens with two attached hydrogens (primary N) is 1. The van der Waals surface area contributed by atoms with Gasteiger partial charge >= 0.3 is 0 Å². The van der Waals surface area contributed by atoms with Crippen LogP contribution in [-0.2, 0) is 4.74 Å². The highest BCUT2D eigenvalue weighted by molar-refractivity contribution is 5.36. The zero-order valence-corrected chi connectivity index (χ0v) is 9.48. The Hall–Kier alpha value is -1.10. The van der Waals surface area contributed by atoms with Gasteiger partial charge in [0.25, 0.3) is 0 Å². The van der Waals surface area contributed by atoms with Crippen LogP contribution in [0.5, 0.6) is 5.75 Å². The summed E-state index contributed by atoms with van der Waals surface area (Å²) in [6.45, 7) is 0.817. The lowest BCUT2D eigenvalue weighted by Gasteiger charge is -2.24. The van der Waals surface area contributed by atoms with Gasteiger partial charge in [-0.15, -0.1) is 0 Å². The molecule has 0 amide bonds. The summed E-state index contributed by atoms with van der Waals surface area (Å²) < 4.78 is 11.0. The lowest BCUT2D eigenvalue weighted by molar-refractivity contribution is 0.0775. The molecule has 2 atom stereocenters. The average Bonchev–Trinajstić information content (AvgIpc) is 2.84. The Morgan fingerprint density at radius 3 is 2.94 bits per heavy atom. The van der Waals surface area contributed by atoms with Gasteiger partial charge < -0.3 is 9.47 Å². The van der Waals surface area contributed by atoms with Gasteiger partial charge in [-0.25, -0.2) is 0 Å². The Bertz CT molecular complexity index is 338. The molecule has 88 valence electrons. The number of methoxy groups -OCH3 is 1. The van der Waals surface area contributed by atoms with Crippen LogP contribution in [0.1, 0.15) is 24.4 Å². The highest BCUT2D eigenvalue weighted by Gasteiger charge is 2.28.